The zero-order valence-corrected chi connectivity index (χ0v) is 15.0. The third-order valence-electron chi connectivity index (χ3n) is 4.41. The van der Waals surface area contributed by atoms with E-state index in [1.54, 1.807) is 0 Å². The van der Waals surface area contributed by atoms with Crippen LogP contribution in [-0.4, -0.2) is 20.8 Å². The number of rotatable bonds is 2. The number of amides is 1. The first-order valence-electron chi connectivity index (χ1n) is 7.51. The number of nitrogens with two attached hydrogens (primary N) is 1. The summed E-state index contributed by atoms with van der Waals surface area (Å²) in [5, 5.41) is 3.00. The molecule has 23 heavy (non-hydrogen) atoms. The van der Waals surface area contributed by atoms with Gasteiger partial charge in [0.25, 0.3) is 0 Å². The monoisotopic (exact) mass is 358 g/mol. The lowest BCUT2D eigenvalue weighted by Gasteiger charge is -2.37. The van der Waals surface area contributed by atoms with Crippen LogP contribution in [0.5, 0.6) is 0 Å². The number of imidazole rings is 1. The largest absolute Gasteiger partial charge is 0.325 e. The van der Waals surface area contributed by atoms with Crippen molar-refractivity contribution in [1.82, 2.24) is 9.38 Å². The molecule has 2 heterocycles. The van der Waals surface area contributed by atoms with Gasteiger partial charge in [0.05, 0.1) is 17.3 Å². The Kier molecular flexibility index (Phi) is 6.45. The molecule has 7 heteroatoms. The number of hydrogen-bond acceptors (Lipinski definition) is 3. The van der Waals surface area contributed by atoms with Crippen molar-refractivity contribution in [2.75, 3.05) is 5.32 Å². The number of carbonyl (C=O) groups excluding carboxylic acids is 1. The maximum absolute atomic E-state index is 12.5. The molecule has 3 rings (SSSR count). The highest BCUT2D eigenvalue weighted by Crippen LogP contribution is 2.32. The first kappa shape index (κ1) is 19.7. The quantitative estimate of drug-likeness (QED) is 0.864. The number of aryl methyl sites for hydroxylation is 1. The van der Waals surface area contributed by atoms with Gasteiger partial charge in [-0.15, -0.1) is 24.8 Å². The fourth-order valence-electron chi connectivity index (χ4n) is 3.21. The van der Waals surface area contributed by atoms with Gasteiger partial charge in [-0.2, -0.15) is 0 Å². The minimum atomic E-state index is -0.405. The highest BCUT2D eigenvalue weighted by atomic mass is 35.5. The van der Waals surface area contributed by atoms with E-state index in [9.17, 15) is 4.79 Å². The summed E-state index contributed by atoms with van der Waals surface area (Å²) in [4.78, 5) is 16.9. The molecule has 1 fully saturated rings. The van der Waals surface area contributed by atoms with Gasteiger partial charge in [-0.1, -0.05) is 12.8 Å². The smallest absolute Gasteiger partial charge is 0.229 e. The predicted octanol–water partition coefficient (Wildman–Crippen LogP) is 3.33. The van der Waals surface area contributed by atoms with Crippen molar-refractivity contribution < 1.29 is 4.79 Å². The summed E-state index contributed by atoms with van der Waals surface area (Å²) in [5.74, 6) is -0.0950. The molecular formula is C16H24Cl2N4O. The van der Waals surface area contributed by atoms with Gasteiger partial charge in [0.1, 0.15) is 5.65 Å². The van der Waals surface area contributed by atoms with Crippen LogP contribution in [0.4, 0.5) is 5.69 Å². The molecule has 1 aliphatic rings. The van der Waals surface area contributed by atoms with E-state index >= 15 is 0 Å². The zero-order valence-electron chi connectivity index (χ0n) is 13.4. The van der Waals surface area contributed by atoms with Crippen LogP contribution in [0.2, 0.25) is 0 Å². The average Bonchev–Trinajstić information content (AvgIpc) is 2.77. The van der Waals surface area contributed by atoms with Crippen molar-refractivity contribution in [2.45, 2.75) is 45.1 Å². The number of nitrogens with zero attached hydrogens (tertiary/aromatic N) is 2. The molecule has 1 aliphatic carbocycles. The van der Waals surface area contributed by atoms with Gasteiger partial charge in [-0.3, -0.25) is 4.79 Å². The standard InChI is InChI=1S/C16H22N4O.2ClH/c1-11-9-20-10-12(6-7-14(20)18-11)19-15(21)13-5-3-4-8-16(13,2)17;;/h6-7,9-10,13H,3-5,8,17H2,1-2H3,(H,19,21);2*1H. The number of fused-ring (bicyclic) bond motifs is 1. The van der Waals surface area contributed by atoms with Crippen LogP contribution < -0.4 is 11.1 Å². The molecule has 2 unspecified atom stereocenters. The lowest BCUT2D eigenvalue weighted by Crippen LogP contribution is -2.51. The van der Waals surface area contributed by atoms with Crippen molar-refractivity contribution in [3.05, 3.63) is 30.2 Å². The molecule has 0 aromatic carbocycles. The minimum Gasteiger partial charge on any atom is -0.325 e. The summed E-state index contributed by atoms with van der Waals surface area (Å²) in [7, 11) is 0. The fraction of sp³-hybridized carbons (Fsp3) is 0.500. The number of carbonyl (C=O) groups is 1. The molecule has 3 N–H and O–H groups in total. The van der Waals surface area contributed by atoms with E-state index < -0.39 is 5.54 Å². The third kappa shape index (κ3) is 4.16. The summed E-state index contributed by atoms with van der Waals surface area (Å²) >= 11 is 0. The number of anilines is 1. The first-order chi connectivity index (χ1) is 9.95. The predicted molar refractivity (Wildman–Crippen MR) is 97.6 cm³/mol. The van der Waals surface area contributed by atoms with Gasteiger partial charge in [0, 0.05) is 17.9 Å². The van der Waals surface area contributed by atoms with Gasteiger partial charge in [0.2, 0.25) is 5.91 Å². The average molecular weight is 359 g/mol. The molecule has 0 radical (unpaired) electrons. The maximum Gasteiger partial charge on any atom is 0.229 e. The number of nitrogens with one attached hydrogen (secondary N) is 1. The molecule has 0 saturated heterocycles. The van der Waals surface area contributed by atoms with Gasteiger partial charge < -0.3 is 15.5 Å². The Morgan fingerprint density at radius 2 is 2.09 bits per heavy atom. The molecule has 128 valence electrons. The van der Waals surface area contributed by atoms with E-state index in [1.807, 2.05) is 42.8 Å². The highest BCUT2D eigenvalue weighted by molar-refractivity contribution is 5.93. The molecule has 1 amide bonds. The molecule has 5 nitrogen and oxygen atoms in total. The Balaban J connectivity index is 0.00000132. The van der Waals surface area contributed by atoms with Crippen LogP contribution in [0.15, 0.2) is 24.5 Å². The second-order valence-corrected chi connectivity index (χ2v) is 6.36. The van der Waals surface area contributed by atoms with E-state index in [1.165, 1.54) is 0 Å². The Morgan fingerprint density at radius 1 is 1.35 bits per heavy atom. The highest BCUT2D eigenvalue weighted by Gasteiger charge is 2.37. The second-order valence-electron chi connectivity index (χ2n) is 6.36. The Hall–Kier alpha value is -1.30. The normalized spacial score (nSPS) is 23.7. The molecule has 1 saturated carbocycles. The SMILES string of the molecule is Cc1cn2cc(NC(=O)C3CCCCC3(C)N)ccc2n1.Cl.Cl. The Morgan fingerprint density at radius 3 is 2.78 bits per heavy atom. The number of aromatic nitrogens is 2. The number of pyridine rings is 1. The summed E-state index contributed by atoms with van der Waals surface area (Å²) in [5.41, 5.74) is 8.51. The van der Waals surface area contributed by atoms with Crippen molar-refractivity contribution in [3.8, 4) is 0 Å². The second kappa shape index (κ2) is 7.51. The Bertz CT molecular complexity index is 684. The van der Waals surface area contributed by atoms with Crippen LogP contribution >= 0.6 is 24.8 Å². The van der Waals surface area contributed by atoms with Gasteiger partial charge in [-0.25, -0.2) is 4.98 Å². The summed E-state index contributed by atoms with van der Waals surface area (Å²) in [6, 6.07) is 3.79. The van der Waals surface area contributed by atoms with Crippen LogP contribution in [0, 0.1) is 12.8 Å². The van der Waals surface area contributed by atoms with Crippen molar-refractivity contribution in [3.63, 3.8) is 0 Å². The molecule has 0 spiro atoms. The van der Waals surface area contributed by atoms with Crippen molar-refractivity contribution in [2.24, 2.45) is 11.7 Å². The van der Waals surface area contributed by atoms with Gasteiger partial charge in [0.15, 0.2) is 0 Å². The van der Waals surface area contributed by atoms with Crippen LogP contribution in [0.25, 0.3) is 5.65 Å². The summed E-state index contributed by atoms with van der Waals surface area (Å²) in [6.45, 7) is 3.94. The maximum atomic E-state index is 12.5. The van der Waals surface area contributed by atoms with Crippen LogP contribution in [0.3, 0.4) is 0 Å². The topological polar surface area (TPSA) is 72.4 Å². The minimum absolute atomic E-state index is 0. The number of halogens is 2. The van der Waals surface area contributed by atoms with Gasteiger partial charge in [-0.05, 0) is 38.8 Å². The Labute approximate surface area is 148 Å². The zero-order chi connectivity index (χ0) is 15.0. The summed E-state index contributed by atoms with van der Waals surface area (Å²) < 4.78 is 1.92. The molecule has 2 aromatic rings. The summed E-state index contributed by atoms with van der Waals surface area (Å²) in [6.07, 6.45) is 7.79. The lowest BCUT2D eigenvalue weighted by atomic mass is 9.74. The van der Waals surface area contributed by atoms with E-state index in [0.717, 1.165) is 42.7 Å². The van der Waals surface area contributed by atoms with E-state index in [2.05, 4.69) is 10.3 Å². The lowest BCUT2D eigenvalue weighted by molar-refractivity contribution is -0.122. The molecule has 0 aliphatic heterocycles. The fourth-order valence-corrected chi connectivity index (χ4v) is 3.21. The first-order valence-corrected chi connectivity index (χ1v) is 7.51. The van der Waals surface area contributed by atoms with Crippen molar-refractivity contribution >= 4 is 42.1 Å². The molecule has 0 bridgehead atoms. The van der Waals surface area contributed by atoms with Crippen molar-refractivity contribution in [1.29, 1.82) is 0 Å². The number of hydrogen-bond donors (Lipinski definition) is 2. The molecule has 2 aromatic heterocycles. The molecule has 2 atom stereocenters. The van der Waals surface area contributed by atoms with Crippen LogP contribution in [0.1, 0.15) is 38.3 Å². The molecular weight excluding hydrogens is 335 g/mol. The van der Waals surface area contributed by atoms with E-state index in [-0.39, 0.29) is 36.6 Å². The van der Waals surface area contributed by atoms with Gasteiger partial charge >= 0.3 is 0 Å². The van der Waals surface area contributed by atoms with E-state index in [4.69, 9.17) is 5.73 Å². The third-order valence-corrected chi connectivity index (χ3v) is 4.41. The van der Waals surface area contributed by atoms with E-state index in [0.29, 0.717) is 0 Å². The van der Waals surface area contributed by atoms with Crippen LogP contribution in [-0.2, 0) is 4.79 Å².